The minimum absolute atomic E-state index is 0.294. The van der Waals surface area contributed by atoms with Crippen LogP contribution in [0.25, 0.3) is 0 Å². The van der Waals surface area contributed by atoms with Gasteiger partial charge in [0.05, 0.1) is 27.0 Å². The third kappa shape index (κ3) is 6.84. The maximum atomic E-state index is 11.9. The van der Waals surface area contributed by atoms with Crippen molar-refractivity contribution >= 4 is 18.0 Å². The molecule has 0 bridgehead atoms. The predicted octanol–water partition coefficient (Wildman–Crippen LogP) is 1.91. The number of amides is 2. The quantitative estimate of drug-likeness (QED) is 0.381. The van der Waals surface area contributed by atoms with Crippen LogP contribution in [0.15, 0.2) is 47.6 Å². The van der Waals surface area contributed by atoms with E-state index in [1.165, 1.54) is 6.21 Å². The van der Waals surface area contributed by atoms with Gasteiger partial charge in [0.25, 0.3) is 0 Å². The van der Waals surface area contributed by atoms with Crippen LogP contribution in [-0.2, 0) is 16.0 Å². The summed E-state index contributed by atoms with van der Waals surface area (Å²) in [5.74, 6) is 0.344. The van der Waals surface area contributed by atoms with Crippen molar-refractivity contribution in [3.8, 4) is 17.2 Å². The van der Waals surface area contributed by atoms with E-state index in [0.29, 0.717) is 36.8 Å². The van der Waals surface area contributed by atoms with Crippen LogP contribution >= 0.6 is 0 Å². The lowest BCUT2D eigenvalue weighted by Gasteiger charge is -2.10. The lowest BCUT2D eigenvalue weighted by atomic mass is 10.1. The molecule has 0 aliphatic rings. The Morgan fingerprint density at radius 3 is 2.55 bits per heavy atom. The number of carbonyl (C=O) groups is 2. The molecule has 2 rings (SSSR count). The first-order valence-electron chi connectivity index (χ1n) is 9.12. The fourth-order valence-electron chi connectivity index (χ4n) is 2.50. The Kier molecular flexibility index (Phi) is 8.50. The molecule has 8 heteroatoms. The summed E-state index contributed by atoms with van der Waals surface area (Å²) in [6.45, 7) is 2.74. The number of carbonyl (C=O) groups excluding carboxylic acids is 2. The van der Waals surface area contributed by atoms with Crippen LogP contribution in [0.3, 0.4) is 0 Å². The van der Waals surface area contributed by atoms with Crippen LogP contribution in [-0.4, -0.2) is 45.4 Å². The number of hydrazone groups is 1. The lowest BCUT2D eigenvalue weighted by molar-refractivity contribution is -0.139. The van der Waals surface area contributed by atoms with Crippen molar-refractivity contribution in [3.63, 3.8) is 0 Å². The lowest BCUT2D eigenvalue weighted by Crippen LogP contribution is -2.38. The number of nitrogens with zero attached hydrogens (tertiary/aromatic N) is 1. The predicted molar refractivity (Wildman–Crippen MR) is 110 cm³/mol. The maximum Gasteiger partial charge on any atom is 0.329 e. The van der Waals surface area contributed by atoms with E-state index in [9.17, 15) is 9.59 Å². The molecule has 0 fully saturated rings. The molecule has 0 atom stereocenters. The van der Waals surface area contributed by atoms with Gasteiger partial charge >= 0.3 is 11.8 Å². The standard InChI is InChI=1S/C21H25N3O5/c1-4-29-17-7-5-6-16(12-17)14-23-24-21(26)20(25)22-11-10-15-8-9-18(27-2)19(13-15)28-3/h5-9,12-14H,4,10-11H2,1-3H3,(H,22,25)(H,24,26)/b23-14-. The molecular formula is C21H25N3O5. The summed E-state index contributed by atoms with van der Waals surface area (Å²) in [6.07, 6.45) is 1.98. The topological polar surface area (TPSA) is 98.2 Å². The highest BCUT2D eigenvalue weighted by Crippen LogP contribution is 2.27. The first-order chi connectivity index (χ1) is 14.1. The number of ether oxygens (including phenoxy) is 3. The Morgan fingerprint density at radius 1 is 1.03 bits per heavy atom. The number of methoxy groups -OCH3 is 2. The maximum absolute atomic E-state index is 11.9. The molecule has 0 heterocycles. The van der Waals surface area contributed by atoms with Crippen LogP contribution in [0, 0.1) is 0 Å². The third-order valence-electron chi connectivity index (χ3n) is 3.90. The number of benzene rings is 2. The van der Waals surface area contributed by atoms with E-state index < -0.39 is 11.8 Å². The molecule has 0 saturated heterocycles. The Hall–Kier alpha value is -3.55. The van der Waals surface area contributed by atoms with Crippen molar-refractivity contribution in [3.05, 3.63) is 53.6 Å². The number of rotatable bonds is 9. The highest BCUT2D eigenvalue weighted by molar-refractivity contribution is 6.35. The van der Waals surface area contributed by atoms with Gasteiger partial charge in [0.15, 0.2) is 11.5 Å². The van der Waals surface area contributed by atoms with Gasteiger partial charge in [-0.3, -0.25) is 9.59 Å². The zero-order chi connectivity index (χ0) is 21.1. The van der Waals surface area contributed by atoms with Gasteiger partial charge in [-0.2, -0.15) is 5.10 Å². The average Bonchev–Trinajstić information content (AvgIpc) is 2.74. The van der Waals surface area contributed by atoms with Gasteiger partial charge in [0.2, 0.25) is 0 Å². The number of hydrogen-bond acceptors (Lipinski definition) is 6. The van der Waals surface area contributed by atoms with E-state index >= 15 is 0 Å². The molecular weight excluding hydrogens is 374 g/mol. The fraction of sp³-hybridized carbons (Fsp3) is 0.286. The summed E-state index contributed by atoms with van der Waals surface area (Å²) < 4.78 is 15.8. The summed E-state index contributed by atoms with van der Waals surface area (Å²) in [7, 11) is 3.12. The van der Waals surface area contributed by atoms with Gasteiger partial charge in [-0.25, -0.2) is 5.43 Å². The molecule has 0 aliphatic heterocycles. The first-order valence-corrected chi connectivity index (χ1v) is 9.12. The Morgan fingerprint density at radius 2 is 1.83 bits per heavy atom. The van der Waals surface area contributed by atoms with Crippen molar-refractivity contribution in [2.75, 3.05) is 27.4 Å². The van der Waals surface area contributed by atoms with Crippen molar-refractivity contribution in [1.82, 2.24) is 10.7 Å². The van der Waals surface area contributed by atoms with Crippen molar-refractivity contribution in [1.29, 1.82) is 0 Å². The van der Waals surface area contributed by atoms with Gasteiger partial charge < -0.3 is 19.5 Å². The van der Waals surface area contributed by atoms with Gasteiger partial charge in [0.1, 0.15) is 5.75 Å². The molecule has 0 aliphatic carbocycles. The Balaban J connectivity index is 1.79. The van der Waals surface area contributed by atoms with Gasteiger partial charge in [-0.15, -0.1) is 0 Å². The average molecular weight is 399 g/mol. The second-order valence-corrected chi connectivity index (χ2v) is 5.90. The molecule has 2 aromatic rings. The summed E-state index contributed by atoms with van der Waals surface area (Å²) in [6, 6.07) is 12.7. The van der Waals surface area contributed by atoms with E-state index in [2.05, 4.69) is 15.8 Å². The molecule has 2 aromatic carbocycles. The summed E-state index contributed by atoms with van der Waals surface area (Å²) in [4.78, 5) is 23.7. The summed E-state index contributed by atoms with van der Waals surface area (Å²) in [5, 5.41) is 6.36. The molecule has 0 saturated carbocycles. The van der Waals surface area contributed by atoms with E-state index in [-0.39, 0.29) is 0 Å². The first kappa shape index (κ1) is 21.7. The van der Waals surface area contributed by atoms with Gasteiger partial charge in [-0.1, -0.05) is 18.2 Å². The molecule has 0 aromatic heterocycles. The van der Waals surface area contributed by atoms with E-state index in [0.717, 1.165) is 11.1 Å². The summed E-state index contributed by atoms with van der Waals surface area (Å²) >= 11 is 0. The second kappa shape index (κ2) is 11.3. The zero-order valence-electron chi connectivity index (χ0n) is 16.7. The Bertz CT molecular complexity index is 867. The van der Waals surface area contributed by atoms with E-state index in [4.69, 9.17) is 14.2 Å². The normalized spacial score (nSPS) is 10.4. The van der Waals surface area contributed by atoms with Gasteiger partial charge in [0, 0.05) is 6.54 Å². The highest BCUT2D eigenvalue weighted by atomic mass is 16.5. The van der Waals surface area contributed by atoms with Crippen LogP contribution < -0.4 is 25.0 Å². The molecule has 0 spiro atoms. The fourth-order valence-corrected chi connectivity index (χ4v) is 2.50. The van der Waals surface area contributed by atoms with E-state index in [1.807, 2.05) is 31.2 Å². The van der Waals surface area contributed by atoms with Gasteiger partial charge in [-0.05, 0) is 48.7 Å². The zero-order valence-corrected chi connectivity index (χ0v) is 16.7. The van der Waals surface area contributed by atoms with Crippen LogP contribution in [0.5, 0.6) is 17.2 Å². The molecule has 29 heavy (non-hydrogen) atoms. The van der Waals surface area contributed by atoms with Crippen molar-refractivity contribution < 1.29 is 23.8 Å². The minimum atomic E-state index is -0.838. The van der Waals surface area contributed by atoms with Crippen LogP contribution in [0.1, 0.15) is 18.1 Å². The highest BCUT2D eigenvalue weighted by Gasteiger charge is 2.12. The smallest absolute Gasteiger partial charge is 0.329 e. The SMILES string of the molecule is CCOc1cccc(/C=N\NC(=O)C(=O)NCCc2ccc(OC)c(OC)c2)c1. The molecule has 0 radical (unpaired) electrons. The molecule has 0 unspecified atom stereocenters. The largest absolute Gasteiger partial charge is 0.494 e. The number of nitrogens with one attached hydrogen (secondary N) is 2. The van der Waals surface area contributed by atoms with Crippen LogP contribution in [0.2, 0.25) is 0 Å². The third-order valence-corrected chi connectivity index (χ3v) is 3.90. The second-order valence-electron chi connectivity index (χ2n) is 5.90. The molecule has 154 valence electrons. The Labute approximate surface area is 169 Å². The van der Waals surface area contributed by atoms with E-state index in [1.54, 1.807) is 32.4 Å². The van der Waals surface area contributed by atoms with Crippen molar-refractivity contribution in [2.24, 2.45) is 5.10 Å². The molecule has 2 amide bonds. The molecule has 2 N–H and O–H groups in total. The molecule has 8 nitrogen and oxygen atoms in total. The van der Waals surface area contributed by atoms with Crippen LogP contribution in [0.4, 0.5) is 0 Å². The van der Waals surface area contributed by atoms with Crippen molar-refractivity contribution in [2.45, 2.75) is 13.3 Å². The summed E-state index contributed by atoms with van der Waals surface area (Å²) in [5.41, 5.74) is 3.89. The minimum Gasteiger partial charge on any atom is -0.494 e. The monoisotopic (exact) mass is 399 g/mol. The number of hydrogen-bond donors (Lipinski definition) is 2.